The smallest absolute Gasteiger partial charge is 0.256 e. The van der Waals surface area contributed by atoms with E-state index < -0.39 is 5.60 Å². The number of fused-ring (bicyclic) bond motifs is 1. The minimum Gasteiger partial charge on any atom is -0.387 e. The highest BCUT2D eigenvalue weighted by Gasteiger charge is 2.34. The van der Waals surface area contributed by atoms with Crippen molar-refractivity contribution in [3.63, 3.8) is 0 Å². The van der Waals surface area contributed by atoms with Gasteiger partial charge in [-0.2, -0.15) is 0 Å². The number of hydrogen-bond donors (Lipinski definition) is 1. The molecule has 5 nitrogen and oxygen atoms in total. The average Bonchev–Trinajstić information content (AvgIpc) is 2.54. The van der Waals surface area contributed by atoms with Crippen molar-refractivity contribution in [2.24, 2.45) is 0 Å². The van der Waals surface area contributed by atoms with Gasteiger partial charge in [0, 0.05) is 31.8 Å². The van der Waals surface area contributed by atoms with Gasteiger partial charge in [0.1, 0.15) is 0 Å². The Morgan fingerprint density at radius 3 is 2.77 bits per heavy atom. The van der Waals surface area contributed by atoms with E-state index >= 15 is 0 Å². The first-order chi connectivity index (χ1) is 10.6. The van der Waals surface area contributed by atoms with Crippen LogP contribution in [0.5, 0.6) is 0 Å². The summed E-state index contributed by atoms with van der Waals surface area (Å²) in [5.74, 6) is -0.0243. The summed E-state index contributed by atoms with van der Waals surface area (Å²) < 4.78 is 5.06. The molecule has 1 aromatic heterocycles. The van der Waals surface area contributed by atoms with Gasteiger partial charge in [0.25, 0.3) is 5.91 Å². The van der Waals surface area contributed by atoms with Crippen molar-refractivity contribution in [2.75, 3.05) is 26.8 Å². The van der Waals surface area contributed by atoms with Gasteiger partial charge in [-0.1, -0.05) is 18.2 Å². The summed E-state index contributed by atoms with van der Waals surface area (Å²) in [5, 5.41) is 11.3. The molecule has 0 radical (unpaired) electrons. The maximum absolute atomic E-state index is 12.8. The van der Waals surface area contributed by atoms with Crippen LogP contribution in [0, 0.1) is 0 Å². The van der Waals surface area contributed by atoms with Gasteiger partial charge in [-0.05, 0) is 25.0 Å². The molecule has 0 spiro atoms. The lowest BCUT2D eigenvalue weighted by molar-refractivity contribution is -0.0662. The Labute approximate surface area is 129 Å². The molecule has 0 bridgehead atoms. The van der Waals surface area contributed by atoms with Crippen molar-refractivity contribution < 1.29 is 14.6 Å². The zero-order chi connectivity index (χ0) is 15.6. The lowest BCUT2D eigenvalue weighted by atomic mass is 9.92. The fourth-order valence-corrected chi connectivity index (χ4v) is 2.99. The quantitative estimate of drug-likeness (QED) is 0.939. The normalized spacial score (nSPS) is 17.6. The molecule has 1 saturated heterocycles. The molecule has 3 rings (SSSR count). The van der Waals surface area contributed by atoms with E-state index in [9.17, 15) is 9.90 Å². The van der Waals surface area contributed by atoms with E-state index in [1.807, 2.05) is 30.3 Å². The summed E-state index contributed by atoms with van der Waals surface area (Å²) in [6.07, 6.45) is 2.77. The third-order valence-corrected chi connectivity index (χ3v) is 4.26. The maximum Gasteiger partial charge on any atom is 0.256 e. The van der Waals surface area contributed by atoms with Crippen molar-refractivity contribution >= 4 is 16.8 Å². The number of aliphatic hydroxyl groups is 1. The number of likely N-dealkylation sites (tertiary alicyclic amines) is 1. The largest absolute Gasteiger partial charge is 0.387 e. The fourth-order valence-electron chi connectivity index (χ4n) is 2.99. The molecule has 1 aromatic carbocycles. The molecule has 5 heteroatoms. The van der Waals surface area contributed by atoms with Gasteiger partial charge in [-0.25, -0.2) is 0 Å². The minimum atomic E-state index is -0.817. The topological polar surface area (TPSA) is 62.7 Å². The molecule has 1 fully saturated rings. The molecule has 0 saturated carbocycles. The summed E-state index contributed by atoms with van der Waals surface area (Å²) in [7, 11) is 1.58. The SMILES string of the molecule is COCC1(O)CCN(C(=O)c2cccc3cccnc23)CC1. The Kier molecular flexibility index (Phi) is 4.09. The van der Waals surface area contributed by atoms with E-state index in [0.29, 0.717) is 38.1 Å². The highest BCUT2D eigenvalue weighted by Crippen LogP contribution is 2.25. The lowest BCUT2D eigenvalue weighted by Gasteiger charge is -2.37. The zero-order valence-electron chi connectivity index (χ0n) is 12.7. The van der Waals surface area contributed by atoms with Crippen LogP contribution >= 0.6 is 0 Å². The number of hydrogen-bond acceptors (Lipinski definition) is 4. The van der Waals surface area contributed by atoms with Gasteiger partial charge in [-0.15, -0.1) is 0 Å². The molecule has 0 atom stereocenters. The third kappa shape index (κ3) is 2.82. The van der Waals surface area contributed by atoms with Gasteiger partial charge in [0.2, 0.25) is 0 Å². The Morgan fingerprint density at radius 2 is 2.05 bits per heavy atom. The monoisotopic (exact) mass is 300 g/mol. The number of nitrogens with zero attached hydrogens (tertiary/aromatic N) is 2. The van der Waals surface area contributed by atoms with Crippen LogP contribution in [-0.2, 0) is 4.74 Å². The Hall–Kier alpha value is -1.98. The number of ether oxygens (including phenoxy) is 1. The standard InChI is InChI=1S/C17H20N2O3/c1-22-12-17(21)7-10-19(11-8-17)16(20)14-6-2-4-13-5-3-9-18-15(13)14/h2-6,9,21H,7-8,10-12H2,1H3. The first-order valence-electron chi connectivity index (χ1n) is 7.47. The second kappa shape index (κ2) is 6.02. The number of piperidine rings is 1. The molecule has 2 aromatic rings. The highest BCUT2D eigenvalue weighted by atomic mass is 16.5. The number of benzene rings is 1. The molecule has 1 aliphatic rings. The molecule has 0 unspecified atom stereocenters. The fraction of sp³-hybridized carbons (Fsp3) is 0.412. The second-order valence-electron chi connectivity index (χ2n) is 5.83. The molecular weight excluding hydrogens is 280 g/mol. The van der Waals surface area contributed by atoms with Crippen molar-refractivity contribution in [3.05, 3.63) is 42.1 Å². The van der Waals surface area contributed by atoms with Crippen LogP contribution in [0.25, 0.3) is 10.9 Å². The van der Waals surface area contributed by atoms with Crippen LogP contribution in [-0.4, -0.2) is 53.3 Å². The molecule has 1 aliphatic heterocycles. The molecule has 1 amide bonds. The molecule has 1 N–H and O–H groups in total. The van der Waals surface area contributed by atoms with Crippen LogP contribution in [0.2, 0.25) is 0 Å². The number of carbonyl (C=O) groups excluding carboxylic acids is 1. The number of para-hydroxylation sites is 1. The van der Waals surface area contributed by atoms with E-state index in [0.717, 1.165) is 10.9 Å². The van der Waals surface area contributed by atoms with Gasteiger partial charge >= 0.3 is 0 Å². The van der Waals surface area contributed by atoms with Gasteiger partial charge in [0.15, 0.2) is 0 Å². The highest BCUT2D eigenvalue weighted by molar-refractivity contribution is 6.05. The average molecular weight is 300 g/mol. The second-order valence-corrected chi connectivity index (χ2v) is 5.83. The van der Waals surface area contributed by atoms with E-state index in [2.05, 4.69) is 4.98 Å². The summed E-state index contributed by atoms with van der Waals surface area (Å²) in [6.45, 7) is 1.37. The lowest BCUT2D eigenvalue weighted by Crippen LogP contribution is -2.48. The molecule has 116 valence electrons. The van der Waals surface area contributed by atoms with Crippen LogP contribution < -0.4 is 0 Å². The van der Waals surface area contributed by atoms with Crippen molar-refractivity contribution in [3.8, 4) is 0 Å². The van der Waals surface area contributed by atoms with Crippen LogP contribution in [0.4, 0.5) is 0 Å². The van der Waals surface area contributed by atoms with Crippen LogP contribution in [0.1, 0.15) is 23.2 Å². The number of rotatable bonds is 3. The Balaban J connectivity index is 1.80. The van der Waals surface area contributed by atoms with E-state index in [1.54, 1.807) is 18.2 Å². The third-order valence-electron chi connectivity index (χ3n) is 4.26. The molecule has 2 heterocycles. The van der Waals surface area contributed by atoms with Crippen molar-refractivity contribution in [1.29, 1.82) is 0 Å². The van der Waals surface area contributed by atoms with Crippen LogP contribution in [0.15, 0.2) is 36.5 Å². The first kappa shape index (κ1) is 14.9. The molecular formula is C17H20N2O3. The van der Waals surface area contributed by atoms with Crippen LogP contribution in [0.3, 0.4) is 0 Å². The van der Waals surface area contributed by atoms with Crippen molar-refractivity contribution in [1.82, 2.24) is 9.88 Å². The summed E-state index contributed by atoms with van der Waals surface area (Å²) in [4.78, 5) is 18.9. The molecule has 0 aliphatic carbocycles. The summed E-state index contributed by atoms with van der Waals surface area (Å²) >= 11 is 0. The van der Waals surface area contributed by atoms with E-state index in [4.69, 9.17) is 4.74 Å². The van der Waals surface area contributed by atoms with Gasteiger partial charge in [0.05, 0.1) is 23.3 Å². The van der Waals surface area contributed by atoms with Gasteiger partial charge in [-0.3, -0.25) is 9.78 Å². The Bertz CT molecular complexity index is 673. The van der Waals surface area contributed by atoms with Crippen molar-refractivity contribution in [2.45, 2.75) is 18.4 Å². The number of pyridine rings is 1. The minimum absolute atomic E-state index is 0.0243. The van der Waals surface area contributed by atoms with Gasteiger partial charge < -0.3 is 14.7 Å². The predicted molar refractivity (Wildman–Crippen MR) is 83.7 cm³/mol. The molecule has 22 heavy (non-hydrogen) atoms. The number of methoxy groups -OCH3 is 1. The van der Waals surface area contributed by atoms with E-state index in [1.165, 1.54) is 0 Å². The number of carbonyl (C=O) groups is 1. The summed E-state index contributed by atoms with van der Waals surface area (Å²) in [5.41, 5.74) is 0.533. The summed E-state index contributed by atoms with van der Waals surface area (Å²) in [6, 6.07) is 9.46. The first-order valence-corrected chi connectivity index (χ1v) is 7.47. The predicted octanol–water partition coefficient (Wildman–Crippen LogP) is 1.85. The van der Waals surface area contributed by atoms with E-state index in [-0.39, 0.29) is 5.91 Å². The number of amides is 1. The zero-order valence-corrected chi connectivity index (χ0v) is 12.7. The maximum atomic E-state index is 12.8. The Morgan fingerprint density at radius 1 is 1.32 bits per heavy atom. The number of aromatic nitrogens is 1.